The van der Waals surface area contributed by atoms with Crippen molar-refractivity contribution in [2.45, 2.75) is 24.4 Å². The fraction of sp³-hybridized carbons (Fsp3) is 0.308. The SMILES string of the molecule is C[C@@]1(C#N)CCOc2ccc(C(=O)NCC(=O)Nc3nc(-c4cccc(C5(F)COC5)c4)cs3)cc21. The number of amides is 2. The molecule has 2 N–H and O–H groups in total. The standard InChI is InChI=1S/C26H23FN4O4S/c1-25(13-28)7-8-35-21-6-5-17(10-19(21)25)23(33)29-11-22(32)31-24-30-20(12-36-24)16-3-2-4-18(9-16)26(27)14-34-15-26/h2-6,9-10,12H,7-8,11,14-15H2,1H3,(H,29,33)(H,30,31,32)/t25-/m0/s1. The van der Waals surface area contributed by atoms with Crippen LogP contribution in [0.2, 0.25) is 0 Å². The Balaban J connectivity index is 1.20. The average Bonchev–Trinajstić information content (AvgIpc) is 3.34. The Labute approximate surface area is 211 Å². The van der Waals surface area contributed by atoms with Gasteiger partial charge in [0.1, 0.15) is 5.75 Å². The van der Waals surface area contributed by atoms with Crippen LogP contribution >= 0.6 is 11.3 Å². The molecule has 2 amide bonds. The summed E-state index contributed by atoms with van der Waals surface area (Å²) in [7, 11) is 0. The quantitative estimate of drug-likeness (QED) is 0.524. The maximum absolute atomic E-state index is 14.7. The fourth-order valence-electron chi connectivity index (χ4n) is 4.14. The summed E-state index contributed by atoms with van der Waals surface area (Å²) in [6.45, 7) is 2.09. The summed E-state index contributed by atoms with van der Waals surface area (Å²) in [5, 5.41) is 17.0. The molecule has 3 heterocycles. The number of nitrogens with zero attached hydrogens (tertiary/aromatic N) is 2. The van der Waals surface area contributed by atoms with Crippen molar-refractivity contribution in [1.82, 2.24) is 10.3 Å². The molecule has 0 spiro atoms. The van der Waals surface area contributed by atoms with E-state index in [-0.39, 0.29) is 19.8 Å². The molecule has 5 rings (SSSR count). The predicted octanol–water partition coefficient (Wildman–Crippen LogP) is 3.94. The van der Waals surface area contributed by atoms with Gasteiger partial charge in [-0.05, 0) is 36.8 Å². The molecule has 0 bridgehead atoms. The number of anilines is 1. The first kappa shape index (κ1) is 23.9. The van der Waals surface area contributed by atoms with Gasteiger partial charge in [0.2, 0.25) is 5.91 Å². The number of hydrogen-bond acceptors (Lipinski definition) is 7. The van der Waals surface area contributed by atoms with E-state index in [0.717, 1.165) is 5.56 Å². The van der Waals surface area contributed by atoms with Crippen LogP contribution in [0.1, 0.15) is 34.8 Å². The third kappa shape index (κ3) is 4.55. The molecule has 3 aromatic rings. The van der Waals surface area contributed by atoms with Gasteiger partial charge in [0.25, 0.3) is 5.91 Å². The van der Waals surface area contributed by atoms with E-state index >= 15 is 0 Å². The zero-order valence-electron chi connectivity index (χ0n) is 19.5. The number of ether oxygens (including phenoxy) is 2. The number of thiazole rings is 1. The number of rotatable bonds is 6. The van der Waals surface area contributed by atoms with E-state index in [1.54, 1.807) is 41.8 Å². The summed E-state index contributed by atoms with van der Waals surface area (Å²) in [5.41, 5.74) is 0.684. The van der Waals surface area contributed by atoms with Crippen LogP contribution in [0.5, 0.6) is 5.75 Å². The molecule has 36 heavy (non-hydrogen) atoms. The molecular formula is C26H23FN4O4S. The molecule has 2 aliphatic heterocycles. The lowest BCUT2D eigenvalue weighted by Crippen LogP contribution is -2.42. The van der Waals surface area contributed by atoms with Gasteiger partial charge in [-0.15, -0.1) is 11.3 Å². The summed E-state index contributed by atoms with van der Waals surface area (Å²) >= 11 is 1.24. The van der Waals surface area contributed by atoms with Gasteiger partial charge < -0.3 is 20.1 Å². The molecule has 0 aliphatic carbocycles. The molecule has 1 aromatic heterocycles. The lowest BCUT2D eigenvalue weighted by atomic mass is 9.78. The van der Waals surface area contributed by atoms with Crippen molar-refractivity contribution in [2.75, 3.05) is 31.7 Å². The van der Waals surface area contributed by atoms with Crippen molar-refractivity contribution in [2.24, 2.45) is 0 Å². The number of halogens is 1. The summed E-state index contributed by atoms with van der Waals surface area (Å²) in [5.74, 6) is -0.279. The summed E-state index contributed by atoms with van der Waals surface area (Å²) in [6.07, 6.45) is 0.535. The Morgan fingerprint density at radius 1 is 1.25 bits per heavy atom. The summed E-state index contributed by atoms with van der Waals surface area (Å²) in [6, 6.07) is 14.3. The van der Waals surface area contributed by atoms with Crippen LogP contribution in [0.3, 0.4) is 0 Å². The van der Waals surface area contributed by atoms with Crippen LogP contribution in [0.25, 0.3) is 11.3 Å². The van der Waals surface area contributed by atoms with Crippen molar-refractivity contribution in [3.8, 4) is 23.1 Å². The van der Waals surface area contributed by atoms with E-state index in [2.05, 4.69) is 21.7 Å². The normalized spacial score (nSPS) is 19.7. The van der Waals surface area contributed by atoms with Crippen LogP contribution in [-0.2, 0) is 20.6 Å². The number of fused-ring (bicyclic) bond motifs is 1. The third-order valence-electron chi connectivity index (χ3n) is 6.44. The topological polar surface area (TPSA) is 113 Å². The highest BCUT2D eigenvalue weighted by atomic mass is 32.1. The monoisotopic (exact) mass is 506 g/mol. The number of alkyl halides is 1. The number of benzene rings is 2. The fourth-order valence-corrected chi connectivity index (χ4v) is 4.88. The molecule has 1 atom stereocenters. The zero-order valence-corrected chi connectivity index (χ0v) is 20.3. The number of carbonyl (C=O) groups is 2. The predicted molar refractivity (Wildman–Crippen MR) is 132 cm³/mol. The Bertz CT molecular complexity index is 1380. The molecule has 2 aromatic carbocycles. The zero-order chi connectivity index (χ0) is 25.3. The van der Waals surface area contributed by atoms with Crippen molar-refractivity contribution >= 4 is 28.3 Å². The first-order valence-corrected chi connectivity index (χ1v) is 12.3. The van der Waals surface area contributed by atoms with Gasteiger partial charge >= 0.3 is 0 Å². The maximum Gasteiger partial charge on any atom is 0.251 e. The van der Waals surface area contributed by atoms with Crippen molar-refractivity contribution < 1.29 is 23.5 Å². The van der Waals surface area contributed by atoms with Crippen LogP contribution < -0.4 is 15.4 Å². The second-order valence-electron chi connectivity index (χ2n) is 9.06. The number of carbonyl (C=O) groups excluding carboxylic acids is 2. The Kier molecular flexibility index (Phi) is 6.20. The van der Waals surface area contributed by atoms with Crippen LogP contribution in [0, 0.1) is 11.3 Å². The molecule has 2 aliphatic rings. The molecule has 0 unspecified atom stereocenters. The van der Waals surface area contributed by atoms with E-state index in [0.29, 0.717) is 46.3 Å². The summed E-state index contributed by atoms with van der Waals surface area (Å²) < 4.78 is 25.3. The molecule has 0 radical (unpaired) electrons. The second-order valence-corrected chi connectivity index (χ2v) is 9.92. The molecule has 184 valence electrons. The molecule has 8 nitrogen and oxygen atoms in total. The van der Waals surface area contributed by atoms with Gasteiger partial charge in [-0.2, -0.15) is 5.26 Å². The second kappa shape index (κ2) is 9.33. The molecule has 1 saturated heterocycles. The molecule has 10 heteroatoms. The lowest BCUT2D eigenvalue weighted by Gasteiger charge is -2.34. The van der Waals surface area contributed by atoms with Gasteiger partial charge in [-0.25, -0.2) is 9.37 Å². The van der Waals surface area contributed by atoms with E-state index in [9.17, 15) is 19.2 Å². The van der Waals surface area contributed by atoms with Gasteiger partial charge in [0.15, 0.2) is 10.8 Å². The van der Waals surface area contributed by atoms with Gasteiger partial charge in [-0.3, -0.25) is 9.59 Å². The first-order valence-electron chi connectivity index (χ1n) is 11.4. The minimum atomic E-state index is -1.47. The van der Waals surface area contributed by atoms with E-state index in [1.807, 2.05) is 13.0 Å². The lowest BCUT2D eigenvalue weighted by molar-refractivity contribution is -0.135. The van der Waals surface area contributed by atoms with E-state index in [1.165, 1.54) is 11.3 Å². The minimum Gasteiger partial charge on any atom is -0.493 e. The highest BCUT2D eigenvalue weighted by Crippen LogP contribution is 2.39. The Morgan fingerprint density at radius 2 is 2.08 bits per heavy atom. The number of hydrogen-bond donors (Lipinski definition) is 2. The van der Waals surface area contributed by atoms with Gasteiger partial charge in [0, 0.05) is 28.5 Å². The van der Waals surface area contributed by atoms with Crippen molar-refractivity contribution in [3.63, 3.8) is 0 Å². The van der Waals surface area contributed by atoms with Crippen LogP contribution in [0.15, 0.2) is 47.8 Å². The summed E-state index contributed by atoms with van der Waals surface area (Å²) in [4.78, 5) is 29.5. The first-order chi connectivity index (χ1) is 17.3. The van der Waals surface area contributed by atoms with E-state index in [4.69, 9.17) is 9.47 Å². The van der Waals surface area contributed by atoms with E-state index < -0.39 is 22.9 Å². The third-order valence-corrected chi connectivity index (χ3v) is 7.20. The maximum atomic E-state index is 14.7. The molecule has 1 fully saturated rings. The van der Waals surface area contributed by atoms with Gasteiger partial charge in [-0.1, -0.05) is 18.2 Å². The Morgan fingerprint density at radius 3 is 2.83 bits per heavy atom. The molecule has 0 saturated carbocycles. The van der Waals surface area contributed by atoms with Crippen LogP contribution in [-0.4, -0.2) is 43.2 Å². The molecular weight excluding hydrogens is 483 g/mol. The number of nitrogens with one attached hydrogen (secondary N) is 2. The Hall–Kier alpha value is -3.81. The minimum absolute atomic E-state index is 0.0391. The van der Waals surface area contributed by atoms with Crippen molar-refractivity contribution in [1.29, 1.82) is 5.26 Å². The largest absolute Gasteiger partial charge is 0.493 e. The highest BCUT2D eigenvalue weighted by molar-refractivity contribution is 7.14. The van der Waals surface area contributed by atoms with Crippen LogP contribution in [0.4, 0.5) is 9.52 Å². The van der Waals surface area contributed by atoms with Crippen molar-refractivity contribution in [3.05, 3.63) is 64.5 Å². The smallest absolute Gasteiger partial charge is 0.251 e. The number of nitriles is 1. The average molecular weight is 507 g/mol. The highest BCUT2D eigenvalue weighted by Gasteiger charge is 2.40. The number of aromatic nitrogens is 1. The van der Waals surface area contributed by atoms with Gasteiger partial charge in [0.05, 0.1) is 43.5 Å².